The summed E-state index contributed by atoms with van der Waals surface area (Å²) in [6.07, 6.45) is 1.49. The molecular formula is C14H12N2O6. The Morgan fingerprint density at radius 2 is 2.09 bits per heavy atom. The highest BCUT2D eigenvalue weighted by atomic mass is 16.7. The van der Waals surface area contributed by atoms with Crippen LogP contribution in [0.5, 0.6) is 11.5 Å². The first-order valence-corrected chi connectivity index (χ1v) is 6.48. The first-order chi connectivity index (χ1) is 10.6. The number of nitrogens with zero attached hydrogens (tertiary/aromatic N) is 1. The molecule has 1 aromatic heterocycles. The van der Waals surface area contributed by atoms with E-state index in [-0.39, 0.29) is 23.8 Å². The molecule has 114 valence electrons. The van der Waals surface area contributed by atoms with Crippen LogP contribution in [0.3, 0.4) is 0 Å². The van der Waals surface area contributed by atoms with Gasteiger partial charge in [0.15, 0.2) is 11.5 Å². The van der Waals surface area contributed by atoms with Crippen molar-refractivity contribution in [3.8, 4) is 11.5 Å². The van der Waals surface area contributed by atoms with E-state index in [0.717, 1.165) is 0 Å². The van der Waals surface area contributed by atoms with E-state index in [1.165, 1.54) is 18.4 Å². The third-order valence-corrected chi connectivity index (χ3v) is 3.25. The third kappa shape index (κ3) is 2.46. The van der Waals surface area contributed by atoms with Crippen LogP contribution < -0.4 is 14.8 Å². The zero-order valence-corrected chi connectivity index (χ0v) is 11.6. The fourth-order valence-electron chi connectivity index (χ4n) is 2.15. The number of benzene rings is 1. The molecule has 0 saturated heterocycles. The number of nitrogens with one attached hydrogen (secondary N) is 1. The van der Waals surface area contributed by atoms with E-state index in [4.69, 9.17) is 13.9 Å². The second kappa shape index (κ2) is 5.40. The van der Waals surface area contributed by atoms with Gasteiger partial charge >= 0.3 is 0 Å². The Hall–Kier alpha value is -3.03. The van der Waals surface area contributed by atoms with Crippen molar-refractivity contribution in [3.63, 3.8) is 0 Å². The van der Waals surface area contributed by atoms with E-state index in [0.29, 0.717) is 11.5 Å². The maximum Gasteiger partial charge on any atom is 0.286 e. The van der Waals surface area contributed by atoms with Crippen LogP contribution in [0.4, 0.5) is 5.69 Å². The smallest absolute Gasteiger partial charge is 0.286 e. The van der Waals surface area contributed by atoms with E-state index in [2.05, 4.69) is 5.32 Å². The molecular weight excluding hydrogens is 292 g/mol. The highest BCUT2D eigenvalue weighted by Crippen LogP contribution is 2.38. The van der Waals surface area contributed by atoms with Gasteiger partial charge in [-0.15, -0.1) is 0 Å². The Bertz CT molecular complexity index is 725. The lowest BCUT2D eigenvalue weighted by Gasteiger charge is -2.12. The molecule has 2 heterocycles. The van der Waals surface area contributed by atoms with Crippen molar-refractivity contribution in [2.45, 2.75) is 13.0 Å². The van der Waals surface area contributed by atoms with E-state index in [1.54, 1.807) is 19.1 Å². The second-order valence-electron chi connectivity index (χ2n) is 4.69. The van der Waals surface area contributed by atoms with Gasteiger partial charge in [-0.2, -0.15) is 0 Å². The third-order valence-electron chi connectivity index (χ3n) is 3.25. The Morgan fingerprint density at radius 3 is 2.73 bits per heavy atom. The van der Waals surface area contributed by atoms with Crippen molar-refractivity contribution in [1.29, 1.82) is 0 Å². The van der Waals surface area contributed by atoms with Crippen LogP contribution in [-0.4, -0.2) is 17.6 Å². The lowest BCUT2D eigenvalue weighted by molar-refractivity contribution is -0.385. The van der Waals surface area contributed by atoms with Crippen molar-refractivity contribution in [2.75, 3.05) is 6.79 Å². The molecule has 22 heavy (non-hydrogen) atoms. The van der Waals surface area contributed by atoms with Crippen molar-refractivity contribution in [1.82, 2.24) is 5.32 Å². The number of rotatable bonds is 4. The number of hydrogen-bond donors (Lipinski definition) is 1. The van der Waals surface area contributed by atoms with Gasteiger partial charge in [0, 0.05) is 6.07 Å². The Labute approximate surface area is 124 Å². The van der Waals surface area contributed by atoms with Crippen LogP contribution in [0.15, 0.2) is 34.9 Å². The quantitative estimate of drug-likeness (QED) is 0.687. The average Bonchev–Trinajstić information content (AvgIpc) is 3.16. The number of ether oxygens (including phenoxy) is 2. The highest BCUT2D eigenvalue weighted by Gasteiger charge is 2.28. The van der Waals surface area contributed by atoms with Gasteiger partial charge < -0.3 is 19.2 Å². The molecule has 1 amide bonds. The number of furan rings is 1. The summed E-state index contributed by atoms with van der Waals surface area (Å²) in [6, 6.07) is 5.48. The minimum absolute atomic E-state index is 0.0274. The summed E-state index contributed by atoms with van der Waals surface area (Å²) in [6.45, 7) is 1.69. The molecule has 0 radical (unpaired) electrons. The average molecular weight is 304 g/mol. The van der Waals surface area contributed by atoms with Gasteiger partial charge in [-0.3, -0.25) is 14.9 Å². The minimum atomic E-state index is -0.631. The SMILES string of the molecule is CC(NC(=O)c1cc2c(cc1[N+](=O)[O-])OCO2)c1ccco1. The molecule has 1 aliphatic heterocycles. The zero-order chi connectivity index (χ0) is 15.7. The number of carbonyl (C=O) groups excluding carboxylic acids is 1. The highest BCUT2D eigenvalue weighted by molar-refractivity contribution is 5.99. The van der Waals surface area contributed by atoms with Gasteiger partial charge in [-0.05, 0) is 19.1 Å². The second-order valence-corrected chi connectivity index (χ2v) is 4.69. The van der Waals surface area contributed by atoms with Gasteiger partial charge in [0.25, 0.3) is 11.6 Å². The predicted octanol–water partition coefficient (Wildman–Crippen LogP) is 2.41. The maximum atomic E-state index is 12.3. The van der Waals surface area contributed by atoms with E-state index < -0.39 is 16.9 Å². The molecule has 1 aromatic carbocycles. The lowest BCUT2D eigenvalue weighted by atomic mass is 10.1. The molecule has 0 saturated carbocycles. The van der Waals surface area contributed by atoms with Crippen LogP contribution in [0, 0.1) is 10.1 Å². The fourth-order valence-corrected chi connectivity index (χ4v) is 2.15. The van der Waals surface area contributed by atoms with Gasteiger partial charge in [-0.25, -0.2) is 0 Å². The van der Waals surface area contributed by atoms with Crippen molar-refractivity contribution in [2.24, 2.45) is 0 Å². The van der Waals surface area contributed by atoms with E-state index in [9.17, 15) is 14.9 Å². The van der Waals surface area contributed by atoms with Crippen molar-refractivity contribution >= 4 is 11.6 Å². The summed E-state index contributed by atoms with van der Waals surface area (Å²) in [7, 11) is 0. The fraction of sp³-hybridized carbons (Fsp3) is 0.214. The minimum Gasteiger partial charge on any atom is -0.467 e. The summed E-state index contributed by atoms with van der Waals surface area (Å²) in [5.74, 6) is 0.523. The number of fused-ring (bicyclic) bond motifs is 1. The molecule has 1 N–H and O–H groups in total. The lowest BCUT2D eigenvalue weighted by Crippen LogP contribution is -2.27. The number of amides is 1. The van der Waals surface area contributed by atoms with Crippen LogP contribution in [-0.2, 0) is 0 Å². The number of nitro benzene ring substituents is 1. The number of carbonyl (C=O) groups is 1. The topological polar surface area (TPSA) is 104 Å². The molecule has 3 rings (SSSR count). The molecule has 1 aliphatic rings. The predicted molar refractivity (Wildman–Crippen MR) is 73.8 cm³/mol. The van der Waals surface area contributed by atoms with Crippen molar-refractivity contribution < 1.29 is 23.6 Å². The van der Waals surface area contributed by atoms with Crippen LogP contribution in [0.1, 0.15) is 29.1 Å². The summed E-state index contributed by atoms with van der Waals surface area (Å²) in [5.41, 5.74) is -0.430. The monoisotopic (exact) mass is 304 g/mol. The van der Waals surface area contributed by atoms with Gasteiger partial charge in [0.1, 0.15) is 11.3 Å². The van der Waals surface area contributed by atoms with Gasteiger partial charge in [0.2, 0.25) is 6.79 Å². The van der Waals surface area contributed by atoms with E-state index >= 15 is 0 Å². The summed E-state index contributed by atoms with van der Waals surface area (Å²) >= 11 is 0. The summed E-state index contributed by atoms with van der Waals surface area (Å²) in [4.78, 5) is 22.8. The number of nitro groups is 1. The Balaban J connectivity index is 1.90. The molecule has 2 aromatic rings. The standard InChI is InChI=1S/C14H12N2O6/c1-8(11-3-2-4-20-11)15-14(17)9-5-12-13(22-7-21-12)6-10(9)16(18)19/h2-6,8H,7H2,1H3,(H,15,17). The normalized spacial score (nSPS) is 13.7. The molecule has 0 fully saturated rings. The maximum absolute atomic E-state index is 12.3. The molecule has 1 unspecified atom stereocenters. The van der Waals surface area contributed by atoms with Gasteiger partial charge in [0.05, 0.1) is 23.3 Å². The summed E-state index contributed by atoms with van der Waals surface area (Å²) < 4.78 is 15.4. The van der Waals surface area contributed by atoms with Gasteiger partial charge in [-0.1, -0.05) is 0 Å². The molecule has 8 heteroatoms. The molecule has 1 atom stereocenters. The Kier molecular flexibility index (Phi) is 3.42. The summed E-state index contributed by atoms with van der Waals surface area (Å²) in [5, 5.41) is 13.8. The van der Waals surface area contributed by atoms with Crippen LogP contribution in [0.25, 0.3) is 0 Å². The zero-order valence-electron chi connectivity index (χ0n) is 11.6. The van der Waals surface area contributed by atoms with Crippen LogP contribution >= 0.6 is 0 Å². The molecule has 0 bridgehead atoms. The first kappa shape index (κ1) is 13.9. The first-order valence-electron chi connectivity index (χ1n) is 6.48. The van der Waals surface area contributed by atoms with Crippen LogP contribution in [0.2, 0.25) is 0 Å². The Morgan fingerprint density at radius 1 is 1.36 bits per heavy atom. The van der Waals surface area contributed by atoms with Crippen molar-refractivity contribution in [3.05, 3.63) is 52.0 Å². The largest absolute Gasteiger partial charge is 0.467 e. The molecule has 0 spiro atoms. The molecule has 8 nitrogen and oxygen atoms in total. The number of hydrogen-bond acceptors (Lipinski definition) is 6. The van der Waals surface area contributed by atoms with E-state index in [1.807, 2.05) is 0 Å². The molecule has 0 aliphatic carbocycles.